The highest BCUT2D eigenvalue weighted by Crippen LogP contribution is 2.23. The van der Waals surface area contributed by atoms with E-state index in [1.807, 2.05) is 13.8 Å². The lowest BCUT2D eigenvalue weighted by atomic mass is 9.95. The predicted octanol–water partition coefficient (Wildman–Crippen LogP) is 1.05. The van der Waals surface area contributed by atoms with Crippen LogP contribution in [0.25, 0.3) is 0 Å². The second-order valence-corrected chi connectivity index (χ2v) is 29.9. The van der Waals surface area contributed by atoms with Crippen LogP contribution in [-0.4, -0.2) is 202 Å². The SMILES string of the molecule is C/C=C1\NC(=O)[C@H](Cc2ccccc2)NC(=O)[C@@H](C(C)C)NC(=O)[C@@H]([C@@H](C)CC)NC(=O)[C@H](NC(=O)[C@H](NC(=O)[C@H](CCCN)NC(=O)[C@H]2CCCN2C(=O)[C@H](NC(=O)[C@@H](NC(=O)[C@@H](NC(=O)[C@@H](CCC(=O)O)NC(=O)CCCC(C)C)[C@@H](C)O)C(C)C)C(C)C)[C@@H](C)CC)[C@@H](C)OC(=O)[C@H](C(C)C)NC1=O. The number of nitrogens with one attached hydrogen (secondary N) is 12. The Kier molecular flexibility index (Phi) is 38.7. The molecule has 1 aromatic rings. The Morgan fingerprint density at radius 1 is 0.617 bits per heavy atom. The van der Waals surface area contributed by atoms with E-state index in [0.29, 0.717) is 30.7 Å². The summed E-state index contributed by atoms with van der Waals surface area (Å²) in [6.07, 6.45) is -0.432. The van der Waals surface area contributed by atoms with Crippen molar-refractivity contribution in [3.8, 4) is 0 Å². The summed E-state index contributed by atoms with van der Waals surface area (Å²) in [5.74, 6) is -16.9. The van der Waals surface area contributed by atoms with Gasteiger partial charge in [0, 0.05) is 25.8 Å². The summed E-state index contributed by atoms with van der Waals surface area (Å²) in [5.41, 5.74) is 6.32. The van der Waals surface area contributed by atoms with E-state index in [9.17, 15) is 72.5 Å². The van der Waals surface area contributed by atoms with Crippen molar-refractivity contribution in [1.29, 1.82) is 0 Å². The molecule has 13 amide bonds. The molecule has 0 aromatic heterocycles. The number of carbonyl (C=O) groups excluding carboxylic acids is 14. The number of hydrogen-bond donors (Lipinski definition) is 15. The number of likely N-dealkylation sites (tertiary alicyclic amines) is 1. The number of benzene rings is 1. The molecular formula is C75H122N14O18. The zero-order valence-corrected chi connectivity index (χ0v) is 65.4. The summed E-state index contributed by atoms with van der Waals surface area (Å²) in [6, 6.07) is -8.44. The fraction of sp³-hybridized carbons (Fsp3) is 0.693. The molecule has 0 unspecified atom stereocenters. The van der Waals surface area contributed by atoms with Gasteiger partial charge in [-0.1, -0.05) is 153 Å². The van der Waals surface area contributed by atoms with Gasteiger partial charge in [-0.2, -0.15) is 0 Å². The smallest absolute Gasteiger partial charge is 0.329 e. The van der Waals surface area contributed by atoms with Gasteiger partial charge in [-0.3, -0.25) is 67.1 Å². The third-order valence-electron chi connectivity index (χ3n) is 19.3. The van der Waals surface area contributed by atoms with Gasteiger partial charge in [-0.25, -0.2) is 4.79 Å². The Morgan fingerprint density at radius 3 is 1.72 bits per heavy atom. The summed E-state index contributed by atoms with van der Waals surface area (Å²) >= 11 is 0. The standard InChI is InChI=1S/C75H122N14O18/c1-18-43(14)59(71(102)88-62-46(17)107-75(106)58(42(12)13)84-63(94)48(20-3)78-66(97)51(37-47-28-22-21-23-29-47)80-68(99)55(39(6)7)81-70(101)60(44(15)19-2)86-73(62)104)85-64(95)49(30-25-35-76)79-67(98)52-31-26-36-89(52)74(105)57(41(10)11)83-69(100)56(40(8)9)82-72(103)61(45(16)90)87-65(96)50(33-34-54(92)93)77-53(91)32-24-27-38(4)5/h20-23,28-29,38-46,49-52,55-62,90H,18-19,24-27,30-37,76H2,1-17H3,(H,77,91)(H,78,97)(H,79,98)(H,80,99)(H,81,101)(H,82,103)(H,83,100)(H,84,94)(H,85,95)(H,86,104)(H,87,96)(H,88,102)(H,92,93)/b48-20-/t43-,44-,45+,46+,49-,50+,51-,52+,55+,56-,57+,58-,59+,60+,61-,62+/m0/s1. The van der Waals surface area contributed by atoms with Crippen molar-refractivity contribution in [2.75, 3.05) is 13.1 Å². The van der Waals surface area contributed by atoms with Gasteiger partial charge in [-0.05, 0) is 113 Å². The number of carboxylic acids is 1. The van der Waals surface area contributed by atoms with Crippen LogP contribution < -0.4 is 69.5 Å². The first kappa shape index (κ1) is 92.1. The Balaban J connectivity index is 2.00. The highest BCUT2D eigenvalue weighted by molar-refractivity contribution is 6.03. The van der Waals surface area contributed by atoms with Crippen LogP contribution in [-0.2, 0) is 83.1 Å². The highest BCUT2D eigenvalue weighted by atomic mass is 16.5. The highest BCUT2D eigenvalue weighted by Gasteiger charge is 2.44. The number of amides is 13. The van der Waals surface area contributed by atoms with Crippen LogP contribution in [0, 0.1) is 41.4 Å². The van der Waals surface area contributed by atoms with E-state index in [1.54, 1.807) is 113 Å². The van der Waals surface area contributed by atoms with Crippen molar-refractivity contribution >= 4 is 88.7 Å². The second kappa shape index (κ2) is 44.9. The molecule has 2 aliphatic heterocycles. The molecule has 2 heterocycles. The summed E-state index contributed by atoms with van der Waals surface area (Å²) in [4.78, 5) is 214. The molecule has 1 aromatic carbocycles. The number of nitrogens with two attached hydrogens (primary N) is 1. The average molecular weight is 1510 g/mol. The summed E-state index contributed by atoms with van der Waals surface area (Å²) in [6.45, 7) is 27.8. The zero-order chi connectivity index (χ0) is 80.9. The molecule has 107 heavy (non-hydrogen) atoms. The number of aliphatic hydroxyl groups excluding tert-OH is 1. The molecule has 16 N–H and O–H groups in total. The number of rotatable bonds is 35. The molecule has 0 spiro atoms. The van der Waals surface area contributed by atoms with Crippen LogP contribution in [0.1, 0.15) is 194 Å². The molecule has 32 heteroatoms. The maximum atomic E-state index is 15.0. The van der Waals surface area contributed by atoms with Crippen LogP contribution in [0.3, 0.4) is 0 Å². The van der Waals surface area contributed by atoms with E-state index in [-0.39, 0.29) is 63.7 Å². The second-order valence-electron chi connectivity index (χ2n) is 29.9. The van der Waals surface area contributed by atoms with Gasteiger partial charge in [0.25, 0.3) is 5.91 Å². The van der Waals surface area contributed by atoms with Gasteiger partial charge >= 0.3 is 11.9 Å². The summed E-state index contributed by atoms with van der Waals surface area (Å²) in [7, 11) is 0. The molecule has 600 valence electrons. The quantitative estimate of drug-likeness (QED) is 0.0333. The number of esters is 1. The minimum absolute atomic E-state index is 0.0400. The monoisotopic (exact) mass is 1510 g/mol. The van der Waals surface area contributed by atoms with Crippen molar-refractivity contribution in [2.24, 2.45) is 47.2 Å². The van der Waals surface area contributed by atoms with E-state index < -0.39 is 215 Å². The third-order valence-corrected chi connectivity index (χ3v) is 19.3. The molecule has 0 bridgehead atoms. The number of nitrogens with zero attached hydrogens (tertiary/aromatic N) is 1. The number of aliphatic carboxylic acids is 1. The molecule has 2 aliphatic rings. The fourth-order valence-electron chi connectivity index (χ4n) is 12.2. The van der Waals surface area contributed by atoms with Crippen LogP contribution in [0.4, 0.5) is 0 Å². The lowest BCUT2D eigenvalue weighted by Crippen LogP contribution is -2.64. The summed E-state index contributed by atoms with van der Waals surface area (Å²) < 4.78 is 5.95. The average Bonchev–Trinajstić information content (AvgIpc) is 1.80. The van der Waals surface area contributed by atoms with Crippen molar-refractivity contribution < 1.29 is 86.9 Å². The number of aliphatic hydroxyl groups is 1. The molecule has 2 saturated heterocycles. The molecule has 32 nitrogen and oxygen atoms in total. The van der Waals surface area contributed by atoms with Crippen LogP contribution in [0.2, 0.25) is 0 Å². The van der Waals surface area contributed by atoms with E-state index >= 15 is 9.59 Å². The molecule has 2 fully saturated rings. The van der Waals surface area contributed by atoms with E-state index in [2.05, 4.69) is 63.8 Å². The van der Waals surface area contributed by atoms with Gasteiger partial charge in [0.2, 0.25) is 70.9 Å². The van der Waals surface area contributed by atoms with Crippen molar-refractivity contribution in [1.82, 2.24) is 68.7 Å². The lowest BCUT2D eigenvalue weighted by Gasteiger charge is -2.33. The van der Waals surface area contributed by atoms with Crippen LogP contribution >= 0.6 is 0 Å². The van der Waals surface area contributed by atoms with Crippen LogP contribution in [0.5, 0.6) is 0 Å². The van der Waals surface area contributed by atoms with Crippen molar-refractivity contribution in [3.63, 3.8) is 0 Å². The Hall–Kier alpha value is -9.07. The lowest BCUT2D eigenvalue weighted by molar-refractivity contribution is -0.157. The normalized spacial score (nSPS) is 22.3. The zero-order valence-electron chi connectivity index (χ0n) is 65.4. The topological polar surface area (TPSA) is 479 Å². The molecule has 0 aliphatic carbocycles. The van der Waals surface area contributed by atoms with E-state index in [4.69, 9.17) is 10.5 Å². The molecule has 0 radical (unpaired) electrons. The Morgan fingerprint density at radius 2 is 1.18 bits per heavy atom. The Labute approximate surface area is 629 Å². The first-order chi connectivity index (χ1) is 50.2. The molecular weight excluding hydrogens is 1380 g/mol. The predicted molar refractivity (Wildman–Crippen MR) is 397 cm³/mol. The number of hydrogen-bond acceptors (Lipinski definition) is 18. The first-order valence-electron chi connectivity index (χ1n) is 37.7. The molecule has 0 saturated carbocycles. The molecule has 3 rings (SSSR count). The van der Waals surface area contributed by atoms with Gasteiger partial charge < -0.3 is 89.4 Å². The Bertz CT molecular complexity index is 3250. The van der Waals surface area contributed by atoms with Crippen molar-refractivity contribution in [3.05, 3.63) is 47.7 Å². The minimum atomic E-state index is -1.84. The maximum Gasteiger partial charge on any atom is 0.329 e. The number of carboxylic acid groups (broad SMARTS) is 1. The number of cyclic esters (lactones) is 1. The van der Waals surface area contributed by atoms with Gasteiger partial charge in [-0.15, -0.1) is 0 Å². The van der Waals surface area contributed by atoms with Gasteiger partial charge in [0.05, 0.1) is 6.10 Å². The van der Waals surface area contributed by atoms with Gasteiger partial charge in [0.15, 0.2) is 0 Å². The number of allylic oxidation sites excluding steroid dienone is 1. The van der Waals surface area contributed by atoms with E-state index in [0.717, 1.165) is 6.42 Å². The largest absolute Gasteiger partial charge is 0.481 e. The fourth-order valence-corrected chi connectivity index (χ4v) is 12.2. The van der Waals surface area contributed by atoms with Crippen molar-refractivity contribution in [2.45, 2.75) is 279 Å². The molecule has 16 atom stereocenters. The van der Waals surface area contributed by atoms with Gasteiger partial charge in [0.1, 0.15) is 84.3 Å². The summed E-state index contributed by atoms with van der Waals surface area (Å²) in [5, 5.41) is 52.0. The number of carbonyl (C=O) groups is 15. The van der Waals surface area contributed by atoms with E-state index in [1.165, 1.54) is 31.7 Å². The third kappa shape index (κ3) is 28.9. The number of ether oxygens (including phenoxy) is 1. The van der Waals surface area contributed by atoms with Crippen LogP contribution in [0.15, 0.2) is 42.1 Å². The maximum absolute atomic E-state index is 15.0. The minimum Gasteiger partial charge on any atom is -0.481 e. The first-order valence-corrected chi connectivity index (χ1v) is 37.7.